The second-order valence-electron chi connectivity index (χ2n) is 7.51. The lowest BCUT2D eigenvalue weighted by atomic mass is 10.1. The Hall–Kier alpha value is -3.04. The van der Waals surface area contributed by atoms with Crippen LogP contribution < -0.4 is 14.8 Å². The molecule has 1 N–H and O–H groups in total. The Labute approximate surface area is 197 Å². The van der Waals surface area contributed by atoms with E-state index in [0.717, 1.165) is 11.3 Å². The van der Waals surface area contributed by atoms with E-state index in [9.17, 15) is 13.2 Å². The summed E-state index contributed by atoms with van der Waals surface area (Å²) in [5.74, 6) is 0.387. The Morgan fingerprint density at radius 2 is 1.79 bits per heavy atom. The number of aryl methyl sites for hydroxylation is 2. The number of ether oxygens (including phenoxy) is 2. The van der Waals surface area contributed by atoms with Crippen molar-refractivity contribution in [1.82, 2.24) is 5.16 Å². The molecule has 1 aromatic heterocycles. The van der Waals surface area contributed by atoms with Crippen molar-refractivity contribution in [2.24, 2.45) is 0 Å². The Balaban J connectivity index is 1.78. The Morgan fingerprint density at radius 1 is 1.09 bits per heavy atom. The number of carbonyl (C=O) groups is 1. The van der Waals surface area contributed by atoms with Crippen molar-refractivity contribution in [3.05, 3.63) is 52.2 Å². The molecule has 0 saturated heterocycles. The average molecular weight is 493 g/mol. The van der Waals surface area contributed by atoms with E-state index < -0.39 is 15.7 Å². The number of aromatic nitrogens is 1. The molecule has 1 heterocycles. The summed E-state index contributed by atoms with van der Waals surface area (Å²) in [5.41, 5.74) is 3.09. The van der Waals surface area contributed by atoms with Gasteiger partial charge in [-0.25, -0.2) is 8.42 Å². The van der Waals surface area contributed by atoms with Crippen LogP contribution in [0.5, 0.6) is 11.5 Å². The lowest BCUT2D eigenvalue weighted by Crippen LogP contribution is -2.18. The molecule has 10 heteroatoms. The smallest absolute Gasteiger partial charge is 0.225 e. The summed E-state index contributed by atoms with van der Waals surface area (Å²) >= 11 is 6.13. The molecule has 176 valence electrons. The summed E-state index contributed by atoms with van der Waals surface area (Å²) in [6.45, 7) is 5.39. The number of amides is 1. The third-order valence-corrected chi connectivity index (χ3v) is 7.44. The molecular weight excluding hydrogens is 468 g/mol. The zero-order valence-corrected chi connectivity index (χ0v) is 20.6. The van der Waals surface area contributed by atoms with Crippen molar-refractivity contribution in [2.75, 3.05) is 25.3 Å². The lowest BCUT2D eigenvalue weighted by molar-refractivity contribution is -0.115. The fourth-order valence-corrected chi connectivity index (χ4v) is 5.05. The third kappa shape index (κ3) is 5.31. The standard InChI is InChI=1S/C23H25ClN2O6S/c1-13-6-7-16(23-14(2)15(3)26-32-23)10-21(13)33(28,29)9-8-22(27)25-18-11-17(24)19(30-4)12-20(18)31-5/h6-7,10-12H,8-9H2,1-5H3,(H,25,27). The van der Waals surface area contributed by atoms with Crippen LogP contribution in [0.15, 0.2) is 39.8 Å². The van der Waals surface area contributed by atoms with E-state index in [1.54, 1.807) is 25.1 Å². The van der Waals surface area contributed by atoms with E-state index in [0.29, 0.717) is 34.1 Å². The Kier molecular flexibility index (Phi) is 7.34. The van der Waals surface area contributed by atoms with Gasteiger partial charge < -0.3 is 19.3 Å². The first kappa shape index (κ1) is 24.6. The maximum absolute atomic E-state index is 13.1. The number of nitrogens with one attached hydrogen (secondary N) is 1. The van der Waals surface area contributed by atoms with Gasteiger partial charge in [-0.1, -0.05) is 28.9 Å². The quantitative estimate of drug-likeness (QED) is 0.483. The van der Waals surface area contributed by atoms with E-state index in [-0.39, 0.29) is 22.1 Å². The largest absolute Gasteiger partial charge is 0.495 e. The van der Waals surface area contributed by atoms with Gasteiger partial charge in [0.25, 0.3) is 0 Å². The zero-order valence-electron chi connectivity index (χ0n) is 19.0. The molecule has 0 fully saturated rings. The highest BCUT2D eigenvalue weighted by Gasteiger charge is 2.22. The molecule has 0 bridgehead atoms. The summed E-state index contributed by atoms with van der Waals surface area (Å²) in [4.78, 5) is 12.7. The second-order valence-corrected chi connectivity index (χ2v) is 9.99. The van der Waals surface area contributed by atoms with Crippen molar-refractivity contribution >= 4 is 33.0 Å². The van der Waals surface area contributed by atoms with Gasteiger partial charge >= 0.3 is 0 Å². The van der Waals surface area contributed by atoms with E-state index in [1.807, 2.05) is 13.8 Å². The molecular formula is C23H25ClN2O6S. The highest BCUT2D eigenvalue weighted by molar-refractivity contribution is 7.91. The SMILES string of the molecule is COc1cc(OC)c(NC(=O)CCS(=O)(=O)c2cc(-c3onc(C)c3C)ccc2C)cc1Cl. The molecule has 0 aliphatic rings. The number of hydrogen-bond acceptors (Lipinski definition) is 7. The van der Waals surface area contributed by atoms with Gasteiger partial charge in [-0.3, -0.25) is 4.79 Å². The molecule has 3 rings (SSSR count). The van der Waals surface area contributed by atoms with Gasteiger partial charge in [0, 0.05) is 23.6 Å². The maximum Gasteiger partial charge on any atom is 0.225 e. The summed E-state index contributed by atoms with van der Waals surface area (Å²) in [6.07, 6.45) is -0.251. The monoisotopic (exact) mass is 492 g/mol. The number of benzene rings is 2. The summed E-state index contributed by atoms with van der Waals surface area (Å²) < 4.78 is 41.9. The van der Waals surface area contributed by atoms with Gasteiger partial charge in [0.2, 0.25) is 5.91 Å². The zero-order chi connectivity index (χ0) is 24.3. The number of methoxy groups -OCH3 is 2. The minimum atomic E-state index is -3.75. The van der Waals surface area contributed by atoms with Gasteiger partial charge in [-0.15, -0.1) is 0 Å². The molecule has 8 nitrogen and oxygen atoms in total. The van der Waals surface area contributed by atoms with Crippen LogP contribution in [0.4, 0.5) is 5.69 Å². The first-order valence-corrected chi connectivity index (χ1v) is 12.1. The molecule has 0 aliphatic carbocycles. The van der Waals surface area contributed by atoms with Crippen molar-refractivity contribution in [3.8, 4) is 22.8 Å². The molecule has 1 amide bonds. The third-order valence-electron chi connectivity index (χ3n) is 5.29. The first-order valence-electron chi connectivity index (χ1n) is 10.1. The van der Waals surface area contributed by atoms with Crippen molar-refractivity contribution < 1.29 is 27.2 Å². The van der Waals surface area contributed by atoms with Crippen LogP contribution in [0.25, 0.3) is 11.3 Å². The van der Waals surface area contributed by atoms with Crippen molar-refractivity contribution in [1.29, 1.82) is 0 Å². The highest BCUT2D eigenvalue weighted by Crippen LogP contribution is 2.36. The summed E-state index contributed by atoms with van der Waals surface area (Å²) in [7, 11) is -0.845. The average Bonchev–Trinajstić information content (AvgIpc) is 3.11. The number of rotatable bonds is 8. The molecule has 33 heavy (non-hydrogen) atoms. The number of halogens is 1. The fraction of sp³-hybridized carbons (Fsp3) is 0.304. The summed E-state index contributed by atoms with van der Waals surface area (Å²) in [6, 6.07) is 8.08. The van der Waals surface area contributed by atoms with Crippen LogP contribution in [0, 0.1) is 20.8 Å². The van der Waals surface area contributed by atoms with E-state index >= 15 is 0 Å². The number of sulfone groups is 1. The van der Waals surface area contributed by atoms with Crippen molar-refractivity contribution in [3.63, 3.8) is 0 Å². The van der Waals surface area contributed by atoms with E-state index in [2.05, 4.69) is 10.5 Å². The van der Waals surface area contributed by atoms with Crippen LogP contribution in [0.2, 0.25) is 5.02 Å². The van der Waals surface area contributed by atoms with Crippen molar-refractivity contribution in [2.45, 2.75) is 32.1 Å². The molecule has 0 spiro atoms. The van der Waals surface area contributed by atoms with Gasteiger partial charge in [-0.05, 0) is 38.5 Å². The molecule has 3 aromatic rings. The number of anilines is 1. The summed E-state index contributed by atoms with van der Waals surface area (Å²) in [5, 5.41) is 6.86. The van der Waals surface area contributed by atoms with Crippen LogP contribution >= 0.6 is 11.6 Å². The second kappa shape index (κ2) is 9.84. The predicted octanol–water partition coefficient (Wildman–Crippen LogP) is 4.74. The number of nitrogens with zero attached hydrogens (tertiary/aromatic N) is 1. The molecule has 0 saturated carbocycles. The van der Waals surface area contributed by atoms with Crippen LogP contribution in [0.3, 0.4) is 0 Å². The number of hydrogen-bond donors (Lipinski definition) is 1. The van der Waals surface area contributed by atoms with Crippen LogP contribution in [0.1, 0.15) is 23.2 Å². The Morgan fingerprint density at radius 3 is 2.39 bits per heavy atom. The van der Waals surface area contributed by atoms with Crippen LogP contribution in [-0.2, 0) is 14.6 Å². The fourth-order valence-electron chi connectivity index (χ4n) is 3.27. The van der Waals surface area contributed by atoms with Crippen LogP contribution in [-0.4, -0.2) is 39.5 Å². The van der Waals surface area contributed by atoms with Gasteiger partial charge in [0.05, 0.1) is 41.3 Å². The predicted molar refractivity (Wildman–Crippen MR) is 126 cm³/mol. The molecule has 0 radical (unpaired) electrons. The Bertz CT molecular complexity index is 1300. The molecule has 0 unspecified atom stereocenters. The minimum Gasteiger partial charge on any atom is -0.495 e. The van der Waals surface area contributed by atoms with E-state index in [1.165, 1.54) is 26.4 Å². The van der Waals surface area contributed by atoms with Gasteiger partial charge in [0.1, 0.15) is 11.5 Å². The topological polar surface area (TPSA) is 108 Å². The molecule has 0 aliphatic heterocycles. The maximum atomic E-state index is 13.1. The highest BCUT2D eigenvalue weighted by atomic mass is 35.5. The first-order chi connectivity index (χ1) is 15.6. The van der Waals surface area contributed by atoms with Gasteiger partial charge in [0.15, 0.2) is 15.6 Å². The van der Waals surface area contributed by atoms with E-state index in [4.69, 9.17) is 25.6 Å². The normalized spacial score (nSPS) is 11.3. The number of carbonyl (C=O) groups excluding carboxylic acids is 1. The molecule has 0 atom stereocenters. The lowest BCUT2D eigenvalue weighted by Gasteiger charge is -2.13. The molecule has 2 aromatic carbocycles. The minimum absolute atomic E-state index is 0.145. The van der Waals surface area contributed by atoms with Gasteiger partial charge in [-0.2, -0.15) is 0 Å².